The highest BCUT2D eigenvalue weighted by atomic mass is 35.5. The summed E-state index contributed by atoms with van der Waals surface area (Å²) >= 11 is 5.94. The molecule has 6 nitrogen and oxygen atoms in total. The number of sulfonamides is 1. The lowest BCUT2D eigenvalue weighted by Gasteiger charge is -2.09. The van der Waals surface area contributed by atoms with Crippen molar-refractivity contribution in [3.8, 4) is 5.75 Å². The number of anilines is 2. The number of halogens is 1. The second kappa shape index (κ2) is 5.56. The molecule has 1 aromatic carbocycles. The summed E-state index contributed by atoms with van der Waals surface area (Å²) in [6, 6.07) is 7.36. The molecular formula is C12H12ClN3O3S. The second-order valence-corrected chi connectivity index (χ2v) is 5.96. The number of nitrogens with one attached hydrogen (secondary N) is 1. The van der Waals surface area contributed by atoms with Gasteiger partial charge in [0, 0.05) is 6.20 Å². The fourth-order valence-electron chi connectivity index (χ4n) is 1.49. The maximum absolute atomic E-state index is 12.1. The van der Waals surface area contributed by atoms with Gasteiger partial charge < -0.3 is 10.5 Å². The Bertz CT molecular complexity index is 717. The zero-order valence-corrected chi connectivity index (χ0v) is 12.1. The summed E-state index contributed by atoms with van der Waals surface area (Å²) < 4.78 is 31.6. The van der Waals surface area contributed by atoms with Crippen molar-refractivity contribution in [2.75, 3.05) is 17.6 Å². The SMILES string of the molecule is COc1ccc(NS(=O)(=O)c2ccc(N)nc2)cc1Cl. The molecule has 106 valence electrons. The minimum absolute atomic E-state index is 0.0126. The van der Waals surface area contributed by atoms with E-state index in [1.54, 1.807) is 12.1 Å². The first-order valence-corrected chi connectivity index (χ1v) is 7.36. The van der Waals surface area contributed by atoms with E-state index >= 15 is 0 Å². The molecular weight excluding hydrogens is 302 g/mol. The maximum Gasteiger partial charge on any atom is 0.263 e. The van der Waals surface area contributed by atoms with Crippen LogP contribution < -0.4 is 15.2 Å². The normalized spacial score (nSPS) is 11.1. The van der Waals surface area contributed by atoms with E-state index in [0.717, 1.165) is 0 Å². The van der Waals surface area contributed by atoms with Crippen LogP contribution in [-0.4, -0.2) is 20.5 Å². The average molecular weight is 314 g/mol. The number of methoxy groups -OCH3 is 1. The highest BCUT2D eigenvalue weighted by Gasteiger charge is 2.15. The number of rotatable bonds is 4. The van der Waals surface area contributed by atoms with Crippen LogP contribution in [0.3, 0.4) is 0 Å². The molecule has 0 saturated carbocycles. The van der Waals surface area contributed by atoms with Crippen LogP contribution >= 0.6 is 11.6 Å². The second-order valence-electron chi connectivity index (χ2n) is 3.87. The van der Waals surface area contributed by atoms with Crippen molar-refractivity contribution in [2.24, 2.45) is 0 Å². The summed E-state index contributed by atoms with van der Waals surface area (Å²) in [6.07, 6.45) is 1.18. The van der Waals surface area contributed by atoms with E-state index in [1.807, 2.05) is 0 Å². The third-order valence-corrected chi connectivity index (χ3v) is 4.14. The highest BCUT2D eigenvalue weighted by molar-refractivity contribution is 7.92. The van der Waals surface area contributed by atoms with Gasteiger partial charge in [-0.1, -0.05) is 11.6 Å². The predicted octanol–water partition coefficient (Wildman–Crippen LogP) is 2.13. The molecule has 0 fully saturated rings. The van der Waals surface area contributed by atoms with E-state index in [2.05, 4.69) is 9.71 Å². The van der Waals surface area contributed by atoms with Gasteiger partial charge in [0.25, 0.3) is 10.0 Å². The molecule has 2 rings (SSSR count). The van der Waals surface area contributed by atoms with Gasteiger partial charge in [0.15, 0.2) is 0 Å². The van der Waals surface area contributed by atoms with E-state index in [0.29, 0.717) is 16.5 Å². The smallest absolute Gasteiger partial charge is 0.263 e. The van der Waals surface area contributed by atoms with Gasteiger partial charge in [-0.25, -0.2) is 13.4 Å². The van der Waals surface area contributed by atoms with E-state index < -0.39 is 10.0 Å². The number of pyridine rings is 1. The number of nitrogens with two attached hydrogens (primary N) is 1. The maximum atomic E-state index is 12.1. The van der Waals surface area contributed by atoms with E-state index in [1.165, 1.54) is 31.5 Å². The molecule has 20 heavy (non-hydrogen) atoms. The summed E-state index contributed by atoms with van der Waals surface area (Å²) in [5, 5.41) is 0.308. The minimum atomic E-state index is -3.73. The Hall–Kier alpha value is -1.99. The fraction of sp³-hybridized carbons (Fsp3) is 0.0833. The Balaban J connectivity index is 2.28. The van der Waals surface area contributed by atoms with Gasteiger partial charge >= 0.3 is 0 Å². The molecule has 1 aromatic heterocycles. The summed E-state index contributed by atoms with van der Waals surface area (Å²) in [6.45, 7) is 0. The molecule has 3 N–H and O–H groups in total. The van der Waals surface area contributed by atoms with Crippen LogP contribution in [0.15, 0.2) is 41.4 Å². The standard InChI is InChI=1S/C12H12ClN3O3S/c1-19-11-4-2-8(6-10(11)13)16-20(17,18)9-3-5-12(14)15-7-9/h2-7,16H,1H3,(H2,14,15). The zero-order chi connectivity index (χ0) is 14.8. The molecule has 0 aliphatic rings. The molecule has 0 bridgehead atoms. The molecule has 0 unspecified atom stereocenters. The zero-order valence-electron chi connectivity index (χ0n) is 10.5. The van der Waals surface area contributed by atoms with Crippen LogP contribution in [0.4, 0.5) is 11.5 Å². The Labute approximate surface area is 121 Å². The van der Waals surface area contributed by atoms with E-state index in [-0.39, 0.29) is 10.7 Å². The largest absolute Gasteiger partial charge is 0.495 e. The van der Waals surface area contributed by atoms with Gasteiger partial charge in [-0.15, -0.1) is 0 Å². The van der Waals surface area contributed by atoms with Gasteiger partial charge in [0.1, 0.15) is 16.5 Å². The number of benzene rings is 1. The van der Waals surface area contributed by atoms with Crippen LogP contribution in [-0.2, 0) is 10.0 Å². The molecule has 2 aromatic rings. The predicted molar refractivity (Wildman–Crippen MR) is 77.5 cm³/mol. The van der Waals surface area contributed by atoms with Gasteiger partial charge in [0.05, 0.1) is 17.8 Å². The van der Waals surface area contributed by atoms with Crippen LogP contribution in [0.1, 0.15) is 0 Å². The van der Waals surface area contributed by atoms with Crippen LogP contribution in [0.2, 0.25) is 5.02 Å². The van der Waals surface area contributed by atoms with Crippen molar-refractivity contribution in [2.45, 2.75) is 4.90 Å². The monoisotopic (exact) mass is 313 g/mol. The highest BCUT2D eigenvalue weighted by Crippen LogP contribution is 2.28. The number of nitrogens with zero attached hydrogens (tertiary/aromatic N) is 1. The third-order valence-electron chi connectivity index (χ3n) is 2.47. The molecule has 8 heteroatoms. The summed E-state index contributed by atoms with van der Waals surface area (Å²) in [5.74, 6) is 0.709. The molecule has 1 heterocycles. The number of nitrogen functional groups attached to an aromatic ring is 1. The summed E-state index contributed by atoms with van der Waals surface area (Å²) in [7, 11) is -2.26. The number of hydrogen-bond acceptors (Lipinski definition) is 5. The Morgan fingerprint density at radius 3 is 2.60 bits per heavy atom. The van der Waals surface area contributed by atoms with E-state index in [4.69, 9.17) is 22.1 Å². The van der Waals surface area contributed by atoms with Gasteiger partial charge in [0.2, 0.25) is 0 Å². The first kappa shape index (κ1) is 14.4. The lowest BCUT2D eigenvalue weighted by Crippen LogP contribution is -2.13. The third kappa shape index (κ3) is 3.12. The summed E-state index contributed by atoms with van der Waals surface area (Å²) in [5.41, 5.74) is 5.74. The quantitative estimate of drug-likeness (QED) is 0.901. The van der Waals surface area contributed by atoms with Gasteiger partial charge in [-0.05, 0) is 30.3 Å². The molecule has 0 atom stereocenters. The number of aromatic nitrogens is 1. The van der Waals surface area contributed by atoms with Crippen molar-refractivity contribution < 1.29 is 13.2 Å². The lowest BCUT2D eigenvalue weighted by atomic mass is 10.3. The van der Waals surface area contributed by atoms with Crippen LogP contribution in [0.5, 0.6) is 5.75 Å². The number of ether oxygens (including phenoxy) is 1. The van der Waals surface area contributed by atoms with E-state index in [9.17, 15) is 8.42 Å². The van der Waals surface area contributed by atoms with Gasteiger partial charge in [-0.2, -0.15) is 0 Å². The van der Waals surface area contributed by atoms with Crippen LogP contribution in [0.25, 0.3) is 0 Å². The molecule has 0 saturated heterocycles. The van der Waals surface area contributed by atoms with Crippen molar-refractivity contribution >= 4 is 33.1 Å². The minimum Gasteiger partial charge on any atom is -0.495 e. The lowest BCUT2D eigenvalue weighted by molar-refractivity contribution is 0.415. The molecule has 0 amide bonds. The van der Waals surface area contributed by atoms with Crippen molar-refractivity contribution in [1.82, 2.24) is 4.98 Å². The van der Waals surface area contributed by atoms with Crippen molar-refractivity contribution in [3.63, 3.8) is 0 Å². The molecule has 0 radical (unpaired) electrons. The van der Waals surface area contributed by atoms with Crippen molar-refractivity contribution in [3.05, 3.63) is 41.6 Å². The van der Waals surface area contributed by atoms with Gasteiger partial charge in [-0.3, -0.25) is 4.72 Å². The number of hydrogen-bond donors (Lipinski definition) is 2. The molecule has 0 aliphatic heterocycles. The first-order chi connectivity index (χ1) is 9.42. The Kier molecular flexibility index (Phi) is 4.01. The topological polar surface area (TPSA) is 94.3 Å². The Morgan fingerprint density at radius 1 is 1.30 bits per heavy atom. The fourth-order valence-corrected chi connectivity index (χ4v) is 2.75. The Morgan fingerprint density at radius 2 is 2.05 bits per heavy atom. The van der Waals surface area contributed by atoms with Crippen molar-refractivity contribution in [1.29, 1.82) is 0 Å². The first-order valence-electron chi connectivity index (χ1n) is 5.50. The average Bonchev–Trinajstić information content (AvgIpc) is 2.39. The van der Waals surface area contributed by atoms with Crippen LogP contribution in [0, 0.1) is 0 Å². The molecule has 0 aliphatic carbocycles. The molecule has 0 spiro atoms. The summed E-state index contributed by atoms with van der Waals surface area (Å²) in [4.78, 5) is 3.76.